The molecule has 2 saturated carbocycles. The molecule has 4 rings (SSSR count). The third kappa shape index (κ3) is 2.58. The van der Waals surface area contributed by atoms with E-state index >= 15 is 0 Å². The molecule has 0 radical (unpaired) electrons. The Kier molecular flexibility index (Phi) is 4.09. The molecule has 0 spiro atoms. The van der Waals surface area contributed by atoms with Crippen molar-refractivity contribution in [2.75, 3.05) is 7.11 Å². The number of hydrogen-bond donors (Lipinski definition) is 0. The lowest BCUT2D eigenvalue weighted by Crippen LogP contribution is -2.47. The number of methoxy groups -OCH3 is 1. The molecule has 0 N–H and O–H groups in total. The molecule has 3 heteroatoms. The Bertz CT molecular complexity index is 682. The van der Waals surface area contributed by atoms with Crippen molar-refractivity contribution in [3.05, 3.63) is 29.3 Å². The third-order valence-corrected chi connectivity index (χ3v) is 7.50. The first-order valence-electron chi connectivity index (χ1n) is 9.78. The van der Waals surface area contributed by atoms with Crippen LogP contribution in [0.2, 0.25) is 0 Å². The second kappa shape index (κ2) is 6.03. The monoisotopic (exact) mass is 342 g/mol. The summed E-state index contributed by atoms with van der Waals surface area (Å²) in [5.41, 5.74) is 3.18. The van der Waals surface area contributed by atoms with Gasteiger partial charge in [-0.1, -0.05) is 19.9 Å². The summed E-state index contributed by atoms with van der Waals surface area (Å²) in [6.07, 6.45) is 5.85. The molecule has 3 unspecified atom stereocenters. The first-order chi connectivity index (χ1) is 11.9. The second-order valence-corrected chi connectivity index (χ2v) is 8.76. The van der Waals surface area contributed by atoms with E-state index in [0.29, 0.717) is 23.7 Å². The number of rotatable bonds is 2. The van der Waals surface area contributed by atoms with Crippen LogP contribution in [-0.2, 0) is 16.0 Å². The van der Waals surface area contributed by atoms with E-state index < -0.39 is 0 Å². The summed E-state index contributed by atoms with van der Waals surface area (Å²) >= 11 is 0. The maximum absolute atomic E-state index is 11.6. The number of carbonyl (C=O) groups excluding carboxylic acids is 1. The maximum atomic E-state index is 11.6. The molecular formula is C22H30O3. The van der Waals surface area contributed by atoms with Gasteiger partial charge in [-0.2, -0.15) is 0 Å². The lowest BCUT2D eigenvalue weighted by Gasteiger charge is -2.52. The van der Waals surface area contributed by atoms with Crippen molar-refractivity contribution in [1.82, 2.24) is 0 Å². The van der Waals surface area contributed by atoms with Gasteiger partial charge in [-0.3, -0.25) is 4.79 Å². The fourth-order valence-corrected chi connectivity index (χ4v) is 6.43. The summed E-state index contributed by atoms with van der Waals surface area (Å²) in [7, 11) is 1.75. The van der Waals surface area contributed by atoms with Crippen LogP contribution >= 0.6 is 0 Å². The minimum absolute atomic E-state index is 0.111. The molecule has 0 aromatic heterocycles. The zero-order valence-electron chi connectivity index (χ0n) is 15.9. The van der Waals surface area contributed by atoms with Crippen LogP contribution in [0.5, 0.6) is 5.75 Å². The predicted octanol–water partition coefficient (Wildman–Crippen LogP) is 4.73. The predicted molar refractivity (Wildman–Crippen MR) is 97.7 cm³/mol. The first kappa shape index (κ1) is 16.9. The van der Waals surface area contributed by atoms with Crippen LogP contribution in [0, 0.1) is 23.2 Å². The Balaban J connectivity index is 1.66. The van der Waals surface area contributed by atoms with Gasteiger partial charge in [-0.25, -0.2) is 0 Å². The maximum Gasteiger partial charge on any atom is 0.302 e. The van der Waals surface area contributed by atoms with Gasteiger partial charge in [0.1, 0.15) is 11.9 Å². The third-order valence-electron chi connectivity index (χ3n) is 7.50. The highest BCUT2D eigenvalue weighted by Crippen LogP contribution is 2.62. The average Bonchev–Trinajstić information content (AvgIpc) is 2.90. The van der Waals surface area contributed by atoms with E-state index in [-0.39, 0.29) is 17.5 Å². The van der Waals surface area contributed by atoms with Crippen LogP contribution in [0.3, 0.4) is 0 Å². The number of esters is 1. The lowest BCUT2D eigenvalue weighted by atomic mass is 9.53. The van der Waals surface area contributed by atoms with Gasteiger partial charge >= 0.3 is 5.97 Å². The van der Waals surface area contributed by atoms with Crippen LogP contribution in [-0.4, -0.2) is 19.2 Å². The van der Waals surface area contributed by atoms with Gasteiger partial charge in [-0.05, 0) is 79.0 Å². The largest absolute Gasteiger partial charge is 0.497 e. The van der Waals surface area contributed by atoms with E-state index in [1.54, 1.807) is 19.6 Å². The number of ether oxygens (including phenoxy) is 2. The second-order valence-electron chi connectivity index (χ2n) is 8.76. The lowest BCUT2D eigenvalue weighted by molar-refractivity contribution is -0.155. The summed E-state index contributed by atoms with van der Waals surface area (Å²) in [6.45, 7) is 6.35. The molecule has 6 atom stereocenters. The van der Waals surface area contributed by atoms with Gasteiger partial charge in [0.25, 0.3) is 0 Å². The normalized spacial score (nSPS) is 39.1. The summed E-state index contributed by atoms with van der Waals surface area (Å²) < 4.78 is 11.2. The zero-order valence-corrected chi connectivity index (χ0v) is 15.9. The molecule has 1 aromatic rings. The molecule has 3 nitrogen and oxygen atoms in total. The summed E-state index contributed by atoms with van der Waals surface area (Å²) in [5, 5.41) is 0. The van der Waals surface area contributed by atoms with E-state index in [0.717, 1.165) is 25.0 Å². The molecule has 2 fully saturated rings. The molecule has 0 heterocycles. The number of carbonyl (C=O) groups is 1. The van der Waals surface area contributed by atoms with Gasteiger partial charge in [0.05, 0.1) is 7.11 Å². The van der Waals surface area contributed by atoms with Crippen LogP contribution in [0.15, 0.2) is 18.2 Å². The Morgan fingerprint density at radius 3 is 2.76 bits per heavy atom. The van der Waals surface area contributed by atoms with Crippen LogP contribution in [0.4, 0.5) is 0 Å². The molecule has 0 bridgehead atoms. The minimum Gasteiger partial charge on any atom is -0.497 e. The Hall–Kier alpha value is -1.51. The van der Waals surface area contributed by atoms with Crippen molar-refractivity contribution in [1.29, 1.82) is 0 Å². The molecule has 136 valence electrons. The van der Waals surface area contributed by atoms with Gasteiger partial charge < -0.3 is 9.47 Å². The molecule has 0 aliphatic heterocycles. The van der Waals surface area contributed by atoms with Crippen molar-refractivity contribution in [2.24, 2.45) is 23.2 Å². The van der Waals surface area contributed by atoms with E-state index in [2.05, 4.69) is 32.0 Å². The molecule has 3 aliphatic rings. The highest BCUT2D eigenvalue weighted by Gasteiger charge is 2.57. The highest BCUT2D eigenvalue weighted by atomic mass is 16.5. The summed E-state index contributed by atoms with van der Waals surface area (Å²) in [6, 6.07) is 6.67. The van der Waals surface area contributed by atoms with E-state index in [1.165, 1.54) is 18.4 Å². The van der Waals surface area contributed by atoms with Gasteiger partial charge in [0.2, 0.25) is 0 Å². The molecule has 0 saturated heterocycles. The van der Waals surface area contributed by atoms with Gasteiger partial charge in [-0.15, -0.1) is 0 Å². The van der Waals surface area contributed by atoms with Crippen LogP contribution in [0.25, 0.3) is 0 Å². The molecular weight excluding hydrogens is 312 g/mol. The van der Waals surface area contributed by atoms with Crippen molar-refractivity contribution < 1.29 is 14.3 Å². The Labute approximate surface area is 151 Å². The molecule has 0 amide bonds. The SMILES string of the molecule is COc1ccc2c(c1)C[C@@H](C)C1C2CC[C@@]2(C)C1CC[C@@H]2OC(C)=O. The Morgan fingerprint density at radius 2 is 2.04 bits per heavy atom. The van der Waals surface area contributed by atoms with Gasteiger partial charge in [0, 0.05) is 12.3 Å². The Morgan fingerprint density at radius 1 is 1.24 bits per heavy atom. The van der Waals surface area contributed by atoms with Gasteiger partial charge in [0.15, 0.2) is 0 Å². The van der Waals surface area contributed by atoms with E-state index in [1.807, 2.05) is 0 Å². The fraction of sp³-hybridized carbons (Fsp3) is 0.682. The highest BCUT2D eigenvalue weighted by molar-refractivity contribution is 5.66. The van der Waals surface area contributed by atoms with Crippen molar-refractivity contribution in [3.63, 3.8) is 0 Å². The fourth-order valence-electron chi connectivity index (χ4n) is 6.43. The van der Waals surface area contributed by atoms with Crippen LogP contribution in [0.1, 0.15) is 63.5 Å². The number of hydrogen-bond acceptors (Lipinski definition) is 3. The quantitative estimate of drug-likeness (QED) is 0.729. The topological polar surface area (TPSA) is 35.5 Å². The molecule has 25 heavy (non-hydrogen) atoms. The van der Waals surface area contributed by atoms with E-state index in [9.17, 15) is 4.79 Å². The smallest absolute Gasteiger partial charge is 0.302 e. The molecule has 1 aromatic carbocycles. The number of benzene rings is 1. The standard InChI is InChI=1S/C22H30O3/c1-13-11-15-12-16(24-4)5-6-17(15)18-9-10-22(3)19(21(13)18)7-8-20(22)25-14(2)23/h5-6,12-13,18-21H,7-11H2,1-4H3/t13-,18?,19?,20+,21?,22+/m1/s1. The molecule has 3 aliphatic carbocycles. The first-order valence-corrected chi connectivity index (χ1v) is 9.78. The summed E-state index contributed by atoms with van der Waals surface area (Å²) in [4.78, 5) is 11.6. The van der Waals surface area contributed by atoms with Crippen LogP contribution < -0.4 is 4.74 Å². The minimum atomic E-state index is -0.122. The summed E-state index contributed by atoms with van der Waals surface area (Å²) in [5.74, 6) is 3.55. The van der Waals surface area contributed by atoms with Crippen molar-refractivity contribution in [3.8, 4) is 5.75 Å². The van der Waals surface area contributed by atoms with Crippen molar-refractivity contribution in [2.45, 2.75) is 64.9 Å². The zero-order chi connectivity index (χ0) is 17.8. The average molecular weight is 342 g/mol. The van der Waals surface area contributed by atoms with E-state index in [4.69, 9.17) is 9.47 Å². The number of fused-ring (bicyclic) bond motifs is 5. The van der Waals surface area contributed by atoms with Crippen molar-refractivity contribution >= 4 is 5.97 Å².